The second-order valence-corrected chi connectivity index (χ2v) is 5.17. The highest BCUT2D eigenvalue weighted by Gasteiger charge is 2.22. The predicted octanol–water partition coefficient (Wildman–Crippen LogP) is 3.10. The van der Waals surface area contributed by atoms with Crippen molar-refractivity contribution in [1.82, 2.24) is 5.32 Å². The number of morpholine rings is 1. The Morgan fingerprint density at radius 2 is 1.95 bits per heavy atom. The third-order valence-corrected chi connectivity index (χ3v) is 3.64. The molecule has 0 aromatic heterocycles. The molecule has 3 rings (SSSR count). The van der Waals surface area contributed by atoms with Crippen molar-refractivity contribution < 1.29 is 9.13 Å². The summed E-state index contributed by atoms with van der Waals surface area (Å²) in [4.78, 5) is 0. The van der Waals surface area contributed by atoms with Crippen LogP contribution in [-0.4, -0.2) is 19.2 Å². The Morgan fingerprint density at radius 1 is 1.10 bits per heavy atom. The van der Waals surface area contributed by atoms with Crippen LogP contribution in [0.15, 0.2) is 54.6 Å². The molecular weight excluding hydrogens is 253 g/mol. The second-order valence-electron chi connectivity index (χ2n) is 5.17. The van der Waals surface area contributed by atoms with Gasteiger partial charge in [-0.1, -0.05) is 42.5 Å². The van der Waals surface area contributed by atoms with E-state index in [1.54, 1.807) is 12.1 Å². The molecule has 0 amide bonds. The minimum atomic E-state index is -0.211. The summed E-state index contributed by atoms with van der Waals surface area (Å²) in [5.74, 6) is -0.211. The van der Waals surface area contributed by atoms with Crippen LogP contribution >= 0.6 is 0 Å². The van der Waals surface area contributed by atoms with E-state index in [4.69, 9.17) is 4.74 Å². The lowest BCUT2D eigenvalue weighted by Crippen LogP contribution is -2.44. The molecule has 1 N–H and O–H groups in total. The van der Waals surface area contributed by atoms with Crippen molar-refractivity contribution in [3.8, 4) is 0 Å². The lowest BCUT2D eigenvalue weighted by atomic mass is 10.0. The van der Waals surface area contributed by atoms with Crippen LogP contribution < -0.4 is 5.32 Å². The Hall–Kier alpha value is -1.71. The monoisotopic (exact) mass is 271 g/mol. The zero-order chi connectivity index (χ0) is 13.8. The predicted molar refractivity (Wildman–Crippen MR) is 77.0 cm³/mol. The molecule has 2 aromatic rings. The highest BCUT2D eigenvalue weighted by molar-refractivity contribution is 5.20. The molecule has 0 bridgehead atoms. The van der Waals surface area contributed by atoms with E-state index in [1.807, 2.05) is 12.1 Å². The van der Waals surface area contributed by atoms with Gasteiger partial charge in [0.05, 0.1) is 12.7 Å². The molecule has 1 saturated heterocycles. The van der Waals surface area contributed by atoms with E-state index in [0.29, 0.717) is 12.6 Å². The molecule has 3 heteroatoms. The van der Waals surface area contributed by atoms with Crippen LogP contribution in [0.5, 0.6) is 0 Å². The van der Waals surface area contributed by atoms with Crippen LogP contribution in [0, 0.1) is 5.82 Å². The van der Waals surface area contributed by atoms with Crippen molar-refractivity contribution in [2.45, 2.75) is 18.6 Å². The van der Waals surface area contributed by atoms with E-state index in [-0.39, 0.29) is 11.9 Å². The summed E-state index contributed by atoms with van der Waals surface area (Å²) < 4.78 is 19.1. The standard InChI is InChI=1S/C17H18FNO/c18-15-8-4-7-14(10-15)17-11-19-16(12-20-17)9-13-5-2-1-3-6-13/h1-8,10,16-17,19H,9,11-12H2. The number of rotatable bonds is 3. The van der Waals surface area contributed by atoms with Gasteiger partial charge in [-0.2, -0.15) is 0 Å². The van der Waals surface area contributed by atoms with Crippen LogP contribution in [0.4, 0.5) is 4.39 Å². The highest BCUT2D eigenvalue weighted by atomic mass is 19.1. The molecule has 1 aliphatic rings. The van der Waals surface area contributed by atoms with Crippen molar-refractivity contribution in [3.63, 3.8) is 0 Å². The Labute approximate surface area is 118 Å². The van der Waals surface area contributed by atoms with E-state index in [2.05, 4.69) is 29.6 Å². The van der Waals surface area contributed by atoms with E-state index in [1.165, 1.54) is 11.6 Å². The number of benzene rings is 2. The molecular formula is C17H18FNO. The van der Waals surface area contributed by atoms with Crippen molar-refractivity contribution in [2.75, 3.05) is 13.2 Å². The molecule has 2 unspecified atom stereocenters. The molecule has 2 atom stereocenters. The molecule has 0 saturated carbocycles. The maximum atomic E-state index is 13.2. The van der Waals surface area contributed by atoms with E-state index in [0.717, 1.165) is 18.5 Å². The maximum Gasteiger partial charge on any atom is 0.123 e. The van der Waals surface area contributed by atoms with Crippen LogP contribution in [0.1, 0.15) is 17.2 Å². The van der Waals surface area contributed by atoms with Crippen LogP contribution in [0.2, 0.25) is 0 Å². The quantitative estimate of drug-likeness (QED) is 0.926. The summed E-state index contributed by atoms with van der Waals surface area (Å²) in [7, 11) is 0. The fourth-order valence-electron chi connectivity index (χ4n) is 2.57. The van der Waals surface area contributed by atoms with E-state index >= 15 is 0 Å². The van der Waals surface area contributed by atoms with Crippen molar-refractivity contribution in [3.05, 3.63) is 71.5 Å². The van der Waals surface area contributed by atoms with Gasteiger partial charge in [-0.3, -0.25) is 0 Å². The van der Waals surface area contributed by atoms with Crippen LogP contribution in [0.25, 0.3) is 0 Å². The Balaban J connectivity index is 1.57. The smallest absolute Gasteiger partial charge is 0.123 e. The summed E-state index contributed by atoms with van der Waals surface area (Å²) in [5, 5.41) is 3.49. The van der Waals surface area contributed by atoms with Gasteiger partial charge < -0.3 is 10.1 Å². The van der Waals surface area contributed by atoms with Gasteiger partial charge in [0.1, 0.15) is 5.82 Å². The van der Waals surface area contributed by atoms with Crippen LogP contribution in [-0.2, 0) is 11.2 Å². The molecule has 1 fully saturated rings. The van der Waals surface area contributed by atoms with Gasteiger partial charge in [-0.25, -0.2) is 4.39 Å². The van der Waals surface area contributed by atoms with E-state index < -0.39 is 0 Å². The van der Waals surface area contributed by atoms with Gasteiger partial charge in [0, 0.05) is 12.6 Å². The molecule has 20 heavy (non-hydrogen) atoms. The zero-order valence-corrected chi connectivity index (χ0v) is 11.3. The first-order chi connectivity index (χ1) is 9.81. The molecule has 104 valence electrons. The SMILES string of the molecule is Fc1cccc(C2CNC(Cc3ccccc3)CO2)c1. The Kier molecular flexibility index (Phi) is 4.09. The molecule has 0 spiro atoms. The van der Waals surface area contributed by atoms with Gasteiger partial charge in [-0.05, 0) is 29.7 Å². The topological polar surface area (TPSA) is 21.3 Å². The molecule has 1 heterocycles. The van der Waals surface area contributed by atoms with Crippen molar-refractivity contribution in [2.24, 2.45) is 0 Å². The summed E-state index contributed by atoms with van der Waals surface area (Å²) in [6, 6.07) is 17.3. The fraction of sp³-hybridized carbons (Fsp3) is 0.294. The van der Waals surface area contributed by atoms with Gasteiger partial charge >= 0.3 is 0 Å². The molecule has 0 aliphatic carbocycles. The fourth-order valence-corrected chi connectivity index (χ4v) is 2.57. The normalized spacial score (nSPS) is 22.6. The highest BCUT2D eigenvalue weighted by Crippen LogP contribution is 2.21. The van der Waals surface area contributed by atoms with Crippen molar-refractivity contribution >= 4 is 0 Å². The molecule has 2 nitrogen and oxygen atoms in total. The Morgan fingerprint density at radius 3 is 2.65 bits per heavy atom. The number of hydrogen-bond acceptors (Lipinski definition) is 2. The second kappa shape index (κ2) is 6.16. The lowest BCUT2D eigenvalue weighted by Gasteiger charge is -2.30. The lowest BCUT2D eigenvalue weighted by molar-refractivity contribution is 0.00292. The van der Waals surface area contributed by atoms with Crippen molar-refractivity contribution in [1.29, 1.82) is 0 Å². The Bertz CT molecular complexity index is 550. The van der Waals surface area contributed by atoms with Gasteiger partial charge in [0.15, 0.2) is 0 Å². The third kappa shape index (κ3) is 3.24. The minimum absolute atomic E-state index is 0.0577. The number of hydrogen-bond donors (Lipinski definition) is 1. The third-order valence-electron chi connectivity index (χ3n) is 3.64. The average Bonchev–Trinajstić information content (AvgIpc) is 2.49. The first-order valence-corrected chi connectivity index (χ1v) is 6.95. The molecule has 1 aliphatic heterocycles. The number of halogens is 1. The van der Waals surface area contributed by atoms with E-state index in [9.17, 15) is 4.39 Å². The first-order valence-electron chi connectivity index (χ1n) is 6.95. The maximum absolute atomic E-state index is 13.2. The minimum Gasteiger partial charge on any atom is -0.371 e. The van der Waals surface area contributed by atoms with Gasteiger partial charge in [0.25, 0.3) is 0 Å². The first kappa shape index (κ1) is 13.3. The van der Waals surface area contributed by atoms with Gasteiger partial charge in [-0.15, -0.1) is 0 Å². The largest absolute Gasteiger partial charge is 0.371 e. The number of nitrogens with one attached hydrogen (secondary N) is 1. The molecule has 0 radical (unpaired) electrons. The van der Waals surface area contributed by atoms with Gasteiger partial charge in [0.2, 0.25) is 0 Å². The summed E-state index contributed by atoms with van der Waals surface area (Å²) in [6.45, 7) is 1.37. The molecule has 2 aromatic carbocycles. The van der Waals surface area contributed by atoms with Crippen LogP contribution in [0.3, 0.4) is 0 Å². The number of ether oxygens (including phenoxy) is 1. The summed E-state index contributed by atoms with van der Waals surface area (Å²) in [5.41, 5.74) is 2.20. The summed E-state index contributed by atoms with van der Waals surface area (Å²) in [6.07, 6.45) is 0.897. The summed E-state index contributed by atoms with van der Waals surface area (Å²) >= 11 is 0. The zero-order valence-electron chi connectivity index (χ0n) is 11.3. The average molecular weight is 271 g/mol.